The molecule has 0 aliphatic carbocycles. The summed E-state index contributed by atoms with van der Waals surface area (Å²) in [6, 6.07) is 12.1. The molecule has 0 spiro atoms. The van der Waals surface area contributed by atoms with Gasteiger partial charge in [0.1, 0.15) is 0 Å². The average Bonchev–Trinajstić information content (AvgIpc) is 2.45. The smallest absolute Gasteiger partial charge is 0.253 e. The van der Waals surface area contributed by atoms with E-state index in [4.69, 9.17) is 29.0 Å². The molecular weight excluding hydrogens is 297 g/mol. The second-order valence-corrected chi connectivity index (χ2v) is 5.02. The number of hydrazine groups is 1. The molecule has 0 aromatic heterocycles. The van der Waals surface area contributed by atoms with E-state index in [0.717, 1.165) is 5.56 Å². The van der Waals surface area contributed by atoms with Gasteiger partial charge in [0.25, 0.3) is 5.91 Å². The van der Waals surface area contributed by atoms with Crippen LogP contribution < -0.4 is 16.6 Å². The third-order valence-electron chi connectivity index (χ3n) is 2.72. The van der Waals surface area contributed by atoms with Crippen molar-refractivity contribution in [3.8, 4) is 0 Å². The Morgan fingerprint density at radius 1 is 1.10 bits per heavy atom. The molecular formula is C14H13Cl2N3O. The van der Waals surface area contributed by atoms with Crippen molar-refractivity contribution in [1.82, 2.24) is 5.32 Å². The van der Waals surface area contributed by atoms with Gasteiger partial charge >= 0.3 is 0 Å². The number of amides is 1. The number of nitrogens with one attached hydrogen (secondary N) is 2. The van der Waals surface area contributed by atoms with Crippen LogP contribution in [0.15, 0.2) is 42.5 Å². The van der Waals surface area contributed by atoms with E-state index in [-0.39, 0.29) is 5.91 Å². The SMILES string of the molecule is NNc1ccc(Cl)cc1C(=O)NCc1cccc(Cl)c1. The second-order valence-electron chi connectivity index (χ2n) is 4.15. The number of nitrogens with two attached hydrogens (primary N) is 1. The lowest BCUT2D eigenvalue weighted by atomic mass is 10.1. The number of hydrogen-bond acceptors (Lipinski definition) is 3. The number of anilines is 1. The predicted molar refractivity (Wildman–Crippen MR) is 81.9 cm³/mol. The number of hydrogen-bond donors (Lipinski definition) is 3. The lowest BCUT2D eigenvalue weighted by Crippen LogP contribution is -2.24. The molecule has 20 heavy (non-hydrogen) atoms. The van der Waals surface area contributed by atoms with Gasteiger partial charge in [0.05, 0.1) is 11.3 Å². The van der Waals surface area contributed by atoms with Crippen molar-refractivity contribution < 1.29 is 4.79 Å². The first-order chi connectivity index (χ1) is 9.60. The first-order valence-corrected chi connectivity index (χ1v) is 6.64. The molecule has 6 heteroatoms. The Bertz CT molecular complexity index is 632. The van der Waals surface area contributed by atoms with E-state index in [1.807, 2.05) is 12.1 Å². The molecule has 0 aliphatic rings. The number of halogens is 2. The Hall–Kier alpha value is -1.75. The van der Waals surface area contributed by atoms with Crippen LogP contribution in [-0.2, 0) is 6.54 Å². The summed E-state index contributed by atoms with van der Waals surface area (Å²) in [5, 5.41) is 3.89. The fourth-order valence-electron chi connectivity index (χ4n) is 1.75. The minimum absolute atomic E-state index is 0.263. The fraction of sp³-hybridized carbons (Fsp3) is 0.0714. The van der Waals surface area contributed by atoms with Crippen LogP contribution >= 0.6 is 23.2 Å². The van der Waals surface area contributed by atoms with Crippen LogP contribution in [0.5, 0.6) is 0 Å². The van der Waals surface area contributed by atoms with Crippen LogP contribution in [0.1, 0.15) is 15.9 Å². The molecule has 1 amide bonds. The Morgan fingerprint density at radius 3 is 2.55 bits per heavy atom. The maximum atomic E-state index is 12.1. The first-order valence-electron chi connectivity index (χ1n) is 5.89. The summed E-state index contributed by atoms with van der Waals surface area (Å²) in [6.45, 7) is 0.371. The topological polar surface area (TPSA) is 67.1 Å². The number of rotatable bonds is 4. The lowest BCUT2D eigenvalue weighted by Gasteiger charge is -2.10. The first kappa shape index (κ1) is 14.7. The number of carbonyl (C=O) groups excluding carboxylic acids is 1. The zero-order chi connectivity index (χ0) is 14.5. The van der Waals surface area contributed by atoms with E-state index < -0.39 is 0 Å². The normalized spacial score (nSPS) is 10.2. The zero-order valence-electron chi connectivity index (χ0n) is 10.5. The third-order valence-corrected chi connectivity index (χ3v) is 3.19. The Balaban J connectivity index is 2.10. The van der Waals surface area contributed by atoms with Gasteiger partial charge in [-0.25, -0.2) is 0 Å². The van der Waals surface area contributed by atoms with E-state index in [2.05, 4.69) is 10.7 Å². The molecule has 0 bridgehead atoms. The molecule has 0 fully saturated rings. The molecule has 2 aromatic rings. The van der Waals surface area contributed by atoms with E-state index in [1.54, 1.807) is 30.3 Å². The largest absolute Gasteiger partial charge is 0.348 e. The van der Waals surface area contributed by atoms with Crippen molar-refractivity contribution in [1.29, 1.82) is 0 Å². The minimum Gasteiger partial charge on any atom is -0.348 e. The number of benzene rings is 2. The maximum Gasteiger partial charge on any atom is 0.253 e. The molecule has 4 N–H and O–H groups in total. The number of nitrogen functional groups attached to an aromatic ring is 1. The quantitative estimate of drug-likeness (QED) is 0.600. The average molecular weight is 310 g/mol. The highest BCUT2D eigenvalue weighted by atomic mass is 35.5. The molecule has 4 nitrogen and oxygen atoms in total. The summed E-state index contributed by atoms with van der Waals surface area (Å²) >= 11 is 11.8. The summed E-state index contributed by atoms with van der Waals surface area (Å²) < 4.78 is 0. The molecule has 0 atom stereocenters. The predicted octanol–water partition coefficient (Wildman–Crippen LogP) is 3.21. The fourth-order valence-corrected chi connectivity index (χ4v) is 2.14. The van der Waals surface area contributed by atoms with Crippen LogP contribution in [0, 0.1) is 0 Å². The van der Waals surface area contributed by atoms with E-state index in [1.165, 1.54) is 0 Å². The van der Waals surface area contributed by atoms with Gasteiger partial charge in [-0.2, -0.15) is 0 Å². The summed E-state index contributed by atoms with van der Waals surface area (Å²) in [4.78, 5) is 12.1. The van der Waals surface area contributed by atoms with Gasteiger partial charge in [-0.15, -0.1) is 0 Å². The van der Waals surface area contributed by atoms with Gasteiger partial charge in [0.15, 0.2) is 0 Å². The van der Waals surface area contributed by atoms with Crippen LogP contribution in [0.2, 0.25) is 10.0 Å². The van der Waals surface area contributed by atoms with Crippen LogP contribution in [0.3, 0.4) is 0 Å². The monoisotopic (exact) mass is 309 g/mol. The van der Waals surface area contributed by atoms with E-state index in [0.29, 0.717) is 27.8 Å². The van der Waals surface area contributed by atoms with Gasteiger partial charge in [0.2, 0.25) is 0 Å². The van der Waals surface area contributed by atoms with Crippen LogP contribution in [0.4, 0.5) is 5.69 Å². The van der Waals surface area contributed by atoms with Crippen molar-refractivity contribution in [3.05, 3.63) is 63.6 Å². The van der Waals surface area contributed by atoms with E-state index in [9.17, 15) is 4.79 Å². The van der Waals surface area contributed by atoms with E-state index >= 15 is 0 Å². The van der Waals surface area contributed by atoms with Crippen molar-refractivity contribution in [2.75, 3.05) is 5.43 Å². The minimum atomic E-state index is -0.263. The molecule has 0 saturated carbocycles. The Morgan fingerprint density at radius 2 is 1.85 bits per heavy atom. The molecule has 0 saturated heterocycles. The Labute approximate surface area is 126 Å². The molecule has 2 aromatic carbocycles. The highest BCUT2D eigenvalue weighted by Crippen LogP contribution is 2.20. The highest BCUT2D eigenvalue weighted by Gasteiger charge is 2.11. The van der Waals surface area contributed by atoms with Gasteiger partial charge in [-0.05, 0) is 35.9 Å². The zero-order valence-corrected chi connectivity index (χ0v) is 12.0. The molecule has 104 valence electrons. The van der Waals surface area contributed by atoms with Gasteiger partial charge < -0.3 is 10.7 Å². The van der Waals surface area contributed by atoms with Crippen LogP contribution in [0.25, 0.3) is 0 Å². The van der Waals surface area contributed by atoms with Crippen molar-refractivity contribution in [2.24, 2.45) is 5.84 Å². The third kappa shape index (κ3) is 3.63. The highest BCUT2D eigenvalue weighted by molar-refractivity contribution is 6.31. The van der Waals surface area contributed by atoms with Gasteiger partial charge in [-0.1, -0.05) is 35.3 Å². The van der Waals surface area contributed by atoms with Crippen molar-refractivity contribution in [2.45, 2.75) is 6.54 Å². The van der Waals surface area contributed by atoms with Crippen LogP contribution in [-0.4, -0.2) is 5.91 Å². The summed E-state index contributed by atoms with van der Waals surface area (Å²) in [6.07, 6.45) is 0. The van der Waals surface area contributed by atoms with Crippen molar-refractivity contribution in [3.63, 3.8) is 0 Å². The molecule has 0 heterocycles. The van der Waals surface area contributed by atoms with Gasteiger partial charge in [-0.3, -0.25) is 10.6 Å². The summed E-state index contributed by atoms with van der Waals surface area (Å²) in [7, 11) is 0. The van der Waals surface area contributed by atoms with Crippen molar-refractivity contribution >= 4 is 34.8 Å². The number of carbonyl (C=O) groups is 1. The molecule has 0 radical (unpaired) electrons. The van der Waals surface area contributed by atoms with Gasteiger partial charge in [0, 0.05) is 16.6 Å². The standard InChI is InChI=1S/C14H13Cl2N3O/c15-10-3-1-2-9(6-10)8-18-14(20)12-7-11(16)4-5-13(12)19-17/h1-7,19H,8,17H2,(H,18,20). The molecule has 2 rings (SSSR count). The Kier molecular flexibility index (Phi) is 4.84. The summed E-state index contributed by atoms with van der Waals surface area (Å²) in [5.74, 6) is 5.11. The molecule has 0 aliphatic heterocycles. The summed E-state index contributed by atoms with van der Waals surface area (Å²) in [5.41, 5.74) is 4.29. The maximum absolute atomic E-state index is 12.1. The lowest BCUT2D eigenvalue weighted by molar-refractivity contribution is 0.0951. The second kappa shape index (κ2) is 6.61. The molecule has 0 unspecified atom stereocenters.